The van der Waals surface area contributed by atoms with Crippen molar-refractivity contribution in [1.29, 1.82) is 0 Å². The molecule has 2 unspecified atom stereocenters. The summed E-state index contributed by atoms with van der Waals surface area (Å²) in [6.45, 7) is 6.64. The van der Waals surface area contributed by atoms with Crippen LogP contribution in [0.15, 0.2) is 24.3 Å². The van der Waals surface area contributed by atoms with Crippen LogP contribution in [0.5, 0.6) is 5.75 Å². The molecular weight excluding hydrogens is 432 g/mol. The molecule has 7 heteroatoms. The van der Waals surface area contributed by atoms with E-state index in [4.69, 9.17) is 9.47 Å². The van der Waals surface area contributed by atoms with E-state index in [1.54, 1.807) is 11.0 Å². The van der Waals surface area contributed by atoms with Crippen molar-refractivity contribution < 1.29 is 24.2 Å². The summed E-state index contributed by atoms with van der Waals surface area (Å²) in [5.41, 5.74) is -0.00450. The molecule has 1 aromatic rings. The van der Waals surface area contributed by atoms with Gasteiger partial charge >= 0.3 is 6.09 Å². The number of benzene rings is 1. The van der Waals surface area contributed by atoms with Gasteiger partial charge in [0.15, 0.2) is 0 Å². The van der Waals surface area contributed by atoms with Crippen LogP contribution in [-0.4, -0.2) is 58.4 Å². The van der Waals surface area contributed by atoms with Crippen LogP contribution in [0.4, 0.5) is 4.79 Å². The fourth-order valence-corrected chi connectivity index (χ4v) is 5.98. The normalized spacial score (nSPS) is 30.1. The van der Waals surface area contributed by atoms with Crippen molar-refractivity contribution in [3.8, 4) is 5.75 Å². The van der Waals surface area contributed by atoms with E-state index in [0.717, 1.165) is 56.9 Å². The van der Waals surface area contributed by atoms with Gasteiger partial charge in [0.25, 0.3) is 0 Å². The second-order valence-electron chi connectivity index (χ2n) is 11.2. The third kappa shape index (κ3) is 5.68. The van der Waals surface area contributed by atoms with Crippen LogP contribution in [0.2, 0.25) is 0 Å². The predicted octanol–water partition coefficient (Wildman–Crippen LogP) is 4.87. The third-order valence-electron chi connectivity index (χ3n) is 7.62. The van der Waals surface area contributed by atoms with Gasteiger partial charge in [0.2, 0.25) is 5.91 Å². The van der Waals surface area contributed by atoms with Gasteiger partial charge in [-0.05, 0) is 89.7 Å². The highest BCUT2D eigenvalue weighted by Gasteiger charge is 2.49. The number of likely N-dealkylation sites (tertiary alicyclic amines) is 1. The first-order chi connectivity index (χ1) is 16.2. The maximum absolute atomic E-state index is 13.1. The zero-order valence-corrected chi connectivity index (χ0v) is 20.8. The molecular formula is C27H40N2O5. The Labute approximate surface area is 203 Å². The number of carbonyl (C=O) groups excluding carboxylic acids is 2. The lowest BCUT2D eigenvalue weighted by Gasteiger charge is -2.52. The summed E-state index contributed by atoms with van der Waals surface area (Å²) in [5, 5.41) is 13.5. The van der Waals surface area contributed by atoms with Crippen LogP contribution in [-0.2, 0) is 14.3 Å². The number of piperidine rings is 2. The number of para-hydroxylation sites is 1. The zero-order chi connectivity index (χ0) is 24.3. The van der Waals surface area contributed by atoms with Crippen LogP contribution < -0.4 is 5.32 Å². The molecule has 34 heavy (non-hydrogen) atoms. The first-order valence-electron chi connectivity index (χ1n) is 12.9. The van der Waals surface area contributed by atoms with Crippen molar-refractivity contribution in [3.63, 3.8) is 0 Å². The Balaban J connectivity index is 1.43. The van der Waals surface area contributed by atoms with Crippen LogP contribution in [0.25, 0.3) is 0 Å². The fourth-order valence-electron chi connectivity index (χ4n) is 5.98. The summed E-state index contributed by atoms with van der Waals surface area (Å²) in [6, 6.07) is 7.36. The molecule has 2 aliphatic heterocycles. The van der Waals surface area contributed by atoms with Gasteiger partial charge in [-0.15, -0.1) is 0 Å². The first-order valence-corrected chi connectivity index (χ1v) is 12.9. The standard InChI is InChI=1S/C27H40N2O5/c1-26(2,3)34-25(32)29-17-7-16-27(15-6-10-24(31)28-27)23(29)18-33-20-13-11-19(12-14-20)21-8-4-5-9-22(21)30/h4-5,8-9,19-20,23,30H,6-7,10-18H2,1-3H3,(H,28,31). The molecule has 1 spiro atoms. The van der Waals surface area contributed by atoms with E-state index in [9.17, 15) is 14.7 Å². The Hall–Kier alpha value is -2.28. The molecule has 7 nitrogen and oxygen atoms in total. The molecule has 3 aliphatic rings. The lowest BCUT2D eigenvalue weighted by molar-refractivity contribution is -0.130. The van der Waals surface area contributed by atoms with Gasteiger partial charge in [-0.1, -0.05) is 18.2 Å². The number of hydrogen-bond donors (Lipinski definition) is 2. The number of amides is 2. The summed E-state index contributed by atoms with van der Waals surface area (Å²) in [6.07, 6.45) is 7.45. The zero-order valence-electron chi connectivity index (χ0n) is 20.8. The van der Waals surface area contributed by atoms with Gasteiger partial charge in [0, 0.05) is 13.0 Å². The average molecular weight is 473 g/mol. The van der Waals surface area contributed by atoms with Crippen molar-refractivity contribution in [1.82, 2.24) is 10.2 Å². The molecule has 188 valence electrons. The minimum Gasteiger partial charge on any atom is -0.508 e. The Bertz CT molecular complexity index is 870. The van der Waals surface area contributed by atoms with Crippen molar-refractivity contribution in [2.45, 2.75) is 108 Å². The summed E-state index contributed by atoms with van der Waals surface area (Å²) in [7, 11) is 0. The molecule has 4 rings (SSSR count). The minimum atomic E-state index is -0.579. The molecule has 0 bridgehead atoms. The number of nitrogens with one attached hydrogen (secondary N) is 1. The van der Waals surface area contributed by atoms with Crippen LogP contribution in [0, 0.1) is 0 Å². The SMILES string of the molecule is CC(C)(C)OC(=O)N1CCCC2(CCCC(=O)N2)C1COC1CCC(c2ccccc2O)CC1. The molecule has 1 aliphatic carbocycles. The van der Waals surface area contributed by atoms with Crippen LogP contribution in [0.3, 0.4) is 0 Å². The third-order valence-corrected chi connectivity index (χ3v) is 7.62. The van der Waals surface area contributed by atoms with E-state index >= 15 is 0 Å². The highest BCUT2D eigenvalue weighted by atomic mass is 16.6. The van der Waals surface area contributed by atoms with E-state index in [0.29, 0.717) is 31.2 Å². The lowest BCUT2D eigenvalue weighted by Crippen LogP contribution is -2.69. The molecule has 1 saturated carbocycles. The molecule has 2 atom stereocenters. The van der Waals surface area contributed by atoms with E-state index in [2.05, 4.69) is 5.32 Å². The largest absolute Gasteiger partial charge is 0.508 e. The maximum atomic E-state index is 13.1. The predicted molar refractivity (Wildman–Crippen MR) is 130 cm³/mol. The number of ether oxygens (including phenoxy) is 2. The highest BCUT2D eigenvalue weighted by Crippen LogP contribution is 2.39. The second kappa shape index (κ2) is 10.1. The van der Waals surface area contributed by atoms with Gasteiger partial charge < -0.3 is 24.8 Å². The number of hydrogen-bond acceptors (Lipinski definition) is 5. The van der Waals surface area contributed by atoms with E-state index in [1.807, 2.05) is 39.0 Å². The number of aromatic hydroxyl groups is 1. The topological polar surface area (TPSA) is 88.1 Å². The van der Waals surface area contributed by atoms with Gasteiger partial charge in [0.1, 0.15) is 11.4 Å². The monoisotopic (exact) mass is 472 g/mol. The minimum absolute atomic E-state index is 0.0606. The number of carbonyl (C=O) groups is 2. The molecule has 2 N–H and O–H groups in total. The number of phenolic OH excluding ortho intramolecular Hbond substituents is 1. The van der Waals surface area contributed by atoms with Crippen molar-refractivity contribution >= 4 is 12.0 Å². The molecule has 2 saturated heterocycles. The van der Waals surface area contributed by atoms with Crippen LogP contribution >= 0.6 is 0 Å². The maximum Gasteiger partial charge on any atom is 0.410 e. The Morgan fingerprint density at radius 1 is 1.15 bits per heavy atom. The van der Waals surface area contributed by atoms with Crippen LogP contribution in [0.1, 0.15) is 90.0 Å². The van der Waals surface area contributed by atoms with E-state index < -0.39 is 11.1 Å². The molecule has 0 aromatic heterocycles. The summed E-state index contributed by atoms with van der Waals surface area (Å²) in [4.78, 5) is 27.3. The first kappa shape index (κ1) is 24.8. The van der Waals surface area contributed by atoms with Crippen molar-refractivity contribution in [2.75, 3.05) is 13.2 Å². The summed E-state index contributed by atoms with van der Waals surface area (Å²) < 4.78 is 12.2. The molecule has 1 aromatic carbocycles. The summed E-state index contributed by atoms with van der Waals surface area (Å²) >= 11 is 0. The Morgan fingerprint density at radius 2 is 1.85 bits per heavy atom. The van der Waals surface area contributed by atoms with Crippen molar-refractivity contribution in [3.05, 3.63) is 29.8 Å². The average Bonchev–Trinajstić information content (AvgIpc) is 2.78. The van der Waals surface area contributed by atoms with Crippen molar-refractivity contribution in [2.24, 2.45) is 0 Å². The number of phenols is 1. The number of rotatable bonds is 4. The second-order valence-corrected chi connectivity index (χ2v) is 11.2. The van der Waals surface area contributed by atoms with Gasteiger partial charge in [0.05, 0.1) is 24.3 Å². The Kier molecular flexibility index (Phi) is 7.41. The lowest BCUT2D eigenvalue weighted by atomic mass is 9.75. The van der Waals surface area contributed by atoms with Gasteiger partial charge in [-0.3, -0.25) is 4.79 Å². The number of nitrogens with zero attached hydrogens (tertiary/aromatic N) is 1. The molecule has 0 radical (unpaired) electrons. The quantitative estimate of drug-likeness (QED) is 0.653. The molecule has 2 heterocycles. The molecule has 3 fully saturated rings. The Morgan fingerprint density at radius 3 is 2.53 bits per heavy atom. The summed E-state index contributed by atoms with van der Waals surface area (Å²) in [5.74, 6) is 0.778. The molecule has 2 amide bonds. The highest BCUT2D eigenvalue weighted by molar-refractivity contribution is 5.78. The fraction of sp³-hybridized carbons (Fsp3) is 0.704. The van der Waals surface area contributed by atoms with Gasteiger partial charge in [-0.25, -0.2) is 4.79 Å². The smallest absolute Gasteiger partial charge is 0.410 e. The van der Waals surface area contributed by atoms with Gasteiger partial charge in [-0.2, -0.15) is 0 Å². The van der Waals surface area contributed by atoms with E-state index in [1.165, 1.54) is 0 Å². The van der Waals surface area contributed by atoms with E-state index in [-0.39, 0.29) is 24.1 Å².